The van der Waals surface area contributed by atoms with Gasteiger partial charge in [-0.2, -0.15) is 0 Å². The fourth-order valence-corrected chi connectivity index (χ4v) is 2.56. The Morgan fingerprint density at radius 2 is 2.10 bits per heavy atom. The molecule has 1 unspecified atom stereocenters. The maximum atomic E-state index is 10.8. The third-order valence-electron chi connectivity index (χ3n) is 3.76. The number of carbonyl (C=O) groups is 1. The Hall–Kier alpha value is -1.39. The van der Waals surface area contributed by atoms with Crippen LogP contribution in [0.2, 0.25) is 0 Å². The van der Waals surface area contributed by atoms with Gasteiger partial charge < -0.3 is 14.7 Å². The van der Waals surface area contributed by atoms with E-state index in [9.17, 15) is 4.79 Å². The molecule has 4 heteroatoms. The molecule has 4 nitrogen and oxygen atoms in total. The smallest absolute Gasteiger partial charge is 0.307 e. The number of likely N-dealkylation sites (tertiary alicyclic amines) is 1. The predicted molar refractivity (Wildman–Crippen MR) is 77.8 cm³/mol. The minimum absolute atomic E-state index is 0.172. The van der Waals surface area contributed by atoms with Crippen LogP contribution < -0.4 is 0 Å². The first kappa shape index (κ1) is 15.0. The minimum Gasteiger partial charge on any atom is -0.481 e. The van der Waals surface area contributed by atoms with Gasteiger partial charge in [-0.3, -0.25) is 4.79 Å². The van der Waals surface area contributed by atoms with E-state index < -0.39 is 5.97 Å². The quantitative estimate of drug-likeness (QED) is 0.739. The Bertz CT molecular complexity index is 407. The molecule has 0 saturated carbocycles. The molecule has 0 aromatic heterocycles. The van der Waals surface area contributed by atoms with Gasteiger partial charge in [0.1, 0.15) is 0 Å². The molecule has 1 aliphatic rings. The first-order valence-corrected chi connectivity index (χ1v) is 7.32. The topological polar surface area (TPSA) is 49.8 Å². The van der Waals surface area contributed by atoms with Crippen molar-refractivity contribution in [1.82, 2.24) is 4.90 Å². The van der Waals surface area contributed by atoms with E-state index in [1.807, 2.05) is 18.2 Å². The van der Waals surface area contributed by atoms with E-state index in [0.717, 1.165) is 45.6 Å². The molecule has 0 amide bonds. The molecular weight excluding hydrogens is 254 g/mol. The van der Waals surface area contributed by atoms with Crippen LogP contribution in [0, 0.1) is 5.92 Å². The molecule has 1 saturated heterocycles. The van der Waals surface area contributed by atoms with Crippen molar-refractivity contribution in [3.05, 3.63) is 35.9 Å². The molecule has 0 bridgehead atoms. The highest BCUT2D eigenvalue weighted by molar-refractivity contribution is 5.70. The summed E-state index contributed by atoms with van der Waals surface area (Å²) in [5.74, 6) is -0.833. The Morgan fingerprint density at radius 1 is 1.30 bits per heavy atom. The third kappa shape index (κ3) is 4.94. The third-order valence-corrected chi connectivity index (χ3v) is 3.76. The summed E-state index contributed by atoms with van der Waals surface area (Å²) in [6.45, 7) is 4.04. The monoisotopic (exact) mass is 277 g/mol. The fraction of sp³-hybridized carbons (Fsp3) is 0.562. The van der Waals surface area contributed by atoms with Crippen LogP contribution >= 0.6 is 0 Å². The van der Waals surface area contributed by atoms with Gasteiger partial charge in [-0.15, -0.1) is 0 Å². The molecule has 2 rings (SSSR count). The van der Waals surface area contributed by atoms with Crippen molar-refractivity contribution in [3.63, 3.8) is 0 Å². The van der Waals surface area contributed by atoms with Gasteiger partial charge in [0.2, 0.25) is 0 Å². The summed E-state index contributed by atoms with van der Waals surface area (Å²) in [6.07, 6.45) is 2.71. The zero-order chi connectivity index (χ0) is 14.2. The number of rotatable bonds is 8. The molecule has 1 aliphatic heterocycles. The second kappa shape index (κ2) is 8.02. The van der Waals surface area contributed by atoms with Crippen LogP contribution in [0.5, 0.6) is 0 Å². The lowest BCUT2D eigenvalue weighted by Gasteiger charge is -2.14. The van der Waals surface area contributed by atoms with Crippen LogP contribution in [0.1, 0.15) is 18.4 Å². The summed E-state index contributed by atoms with van der Waals surface area (Å²) >= 11 is 0. The number of carboxylic acid groups (broad SMARTS) is 1. The van der Waals surface area contributed by atoms with E-state index in [2.05, 4.69) is 17.0 Å². The molecule has 1 aromatic rings. The number of hydrogen-bond acceptors (Lipinski definition) is 3. The molecule has 0 aliphatic carbocycles. The average Bonchev–Trinajstić information content (AvgIpc) is 2.93. The number of aliphatic carboxylic acids is 1. The number of nitrogens with zero attached hydrogens (tertiary/aromatic N) is 1. The van der Waals surface area contributed by atoms with Crippen LogP contribution in [0.3, 0.4) is 0 Å². The van der Waals surface area contributed by atoms with Crippen molar-refractivity contribution in [2.75, 3.05) is 32.8 Å². The zero-order valence-electron chi connectivity index (χ0n) is 11.8. The number of hydrogen-bond donors (Lipinski definition) is 1. The maximum Gasteiger partial charge on any atom is 0.307 e. The van der Waals surface area contributed by atoms with Crippen LogP contribution in [-0.2, 0) is 16.0 Å². The molecule has 20 heavy (non-hydrogen) atoms. The Kier molecular flexibility index (Phi) is 6.02. The van der Waals surface area contributed by atoms with E-state index >= 15 is 0 Å². The van der Waals surface area contributed by atoms with Crippen molar-refractivity contribution >= 4 is 5.97 Å². The minimum atomic E-state index is -0.661. The van der Waals surface area contributed by atoms with Crippen LogP contribution in [-0.4, -0.2) is 48.8 Å². The molecule has 1 heterocycles. The van der Waals surface area contributed by atoms with Crippen LogP contribution in [0.4, 0.5) is 0 Å². The summed E-state index contributed by atoms with van der Waals surface area (Å²) in [6, 6.07) is 10.3. The standard InChI is InChI=1S/C16H23NO3/c18-16(19)15-7-10-17(13-15)9-4-11-20-12-8-14-5-2-1-3-6-14/h1-3,5-6,15H,4,7-13H2,(H,18,19). The maximum absolute atomic E-state index is 10.8. The van der Waals surface area contributed by atoms with Crippen molar-refractivity contribution < 1.29 is 14.6 Å². The normalized spacial score (nSPS) is 19.3. The summed E-state index contributed by atoms with van der Waals surface area (Å²) in [4.78, 5) is 13.1. The van der Waals surface area contributed by atoms with Gasteiger partial charge in [0, 0.05) is 19.7 Å². The lowest BCUT2D eigenvalue weighted by molar-refractivity contribution is -0.141. The van der Waals surface area contributed by atoms with Gasteiger partial charge in [-0.1, -0.05) is 30.3 Å². The molecule has 1 atom stereocenters. The first-order valence-electron chi connectivity index (χ1n) is 7.32. The molecule has 1 aromatic carbocycles. The number of benzene rings is 1. The molecule has 0 spiro atoms. The van der Waals surface area contributed by atoms with Crippen LogP contribution in [0.25, 0.3) is 0 Å². The fourth-order valence-electron chi connectivity index (χ4n) is 2.56. The zero-order valence-corrected chi connectivity index (χ0v) is 11.8. The van der Waals surface area contributed by atoms with Gasteiger partial charge in [0.05, 0.1) is 12.5 Å². The van der Waals surface area contributed by atoms with Crippen molar-refractivity contribution in [2.45, 2.75) is 19.3 Å². The lowest BCUT2D eigenvalue weighted by atomic mass is 10.1. The second-order valence-electron chi connectivity index (χ2n) is 5.33. The summed E-state index contributed by atoms with van der Waals surface area (Å²) in [7, 11) is 0. The Balaban J connectivity index is 1.49. The first-order chi connectivity index (χ1) is 9.75. The van der Waals surface area contributed by atoms with E-state index in [4.69, 9.17) is 9.84 Å². The van der Waals surface area contributed by atoms with Gasteiger partial charge in [0.15, 0.2) is 0 Å². The highest BCUT2D eigenvalue weighted by atomic mass is 16.5. The summed E-state index contributed by atoms with van der Waals surface area (Å²) in [5, 5.41) is 8.93. The highest BCUT2D eigenvalue weighted by Gasteiger charge is 2.27. The van der Waals surface area contributed by atoms with Crippen molar-refractivity contribution in [2.24, 2.45) is 5.92 Å². The molecule has 1 N–H and O–H groups in total. The SMILES string of the molecule is O=C(O)C1CCN(CCCOCCc2ccccc2)C1. The van der Waals surface area contributed by atoms with E-state index in [0.29, 0.717) is 6.54 Å². The van der Waals surface area contributed by atoms with E-state index in [1.165, 1.54) is 5.56 Å². The summed E-state index contributed by atoms with van der Waals surface area (Å²) in [5.41, 5.74) is 1.30. The molecular formula is C16H23NO3. The summed E-state index contributed by atoms with van der Waals surface area (Å²) < 4.78 is 5.63. The number of carboxylic acids is 1. The average molecular weight is 277 g/mol. The van der Waals surface area contributed by atoms with Gasteiger partial charge in [-0.25, -0.2) is 0 Å². The predicted octanol–water partition coefficient (Wildman–Crippen LogP) is 2.04. The second-order valence-corrected chi connectivity index (χ2v) is 5.33. The molecule has 0 radical (unpaired) electrons. The lowest BCUT2D eigenvalue weighted by Crippen LogP contribution is -2.25. The Morgan fingerprint density at radius 3 is 2.80 bits per heavy atom. The van der Waals surface area contributed by atoms with Crippen LogP contribution in [0.15, 0.2) is 30.3 Å². The largest absolute Gasteiger partial charge is 0.481 e. The number of ether oxygens (including phenoxy) is 1. The van der Waals surface area contributed by atoms with Crippen molar-refractivity contribution in [3.8, 4) is 0 Å². The molecule has 1 fully saturated rings. The molecule has 110 valence electrons. The van der Waals surface area contributed by atoms with E-state index in [-0.39, 0.29) is 5.92 Å². The Labute approximate surface area is 120 Å². The van der Waals surface area contributed by atoms with Gasteiger partial charge in [0.25, 0.3) is 0 Å². The highest BCUT2D eigenvalue weighted by Crippen LogP contribution is 2.16. The van der Waals surface area contributed by atoms with E-state index in [1.54, 1.807) is 0 Å². The van der Waals surface area contributed by atoms with Gasteiger partial charge >= 0.3 is 5.97 Å². The van der Waals surface area contributed by atoms with Crippen molar-refractivity contribution in [1.29, 1.82) is 0 Å². The van der Waals surface area contributed by atoms with Gasteiger partial charge in [-0.05, 0) is 31.4 Å².